The third-order valence-corrected chi connectivity index (χ3v) is 2.91. The van der Waals surface area contributed by atoms with E-state index in [4.69, 9.17) is 10.5 Å². The van der Waals surface area contributed by atoms with Crippen LogP contribution in [0.2, 0.25) is 0 Å². The zero-order valence-corrected chi connectivity index (χ0v) is 10.3. The first-order valence-corrected chi connectivity index (χ1v) is 5.77. The lowest BCUT2D eigenvalue weighted by Crippen LogP contribution is -2.28. The molecule has 3 N–H and O–H groups in total. The number of rotatable bonds is 3. The fourth-order valence-electron chi connectivity index (χ4n) is 1.91. The van der Waals surface area contributed by atoms with Crippen molar-refractivity contribution in [2.45, 2.75) is 32.0 Å². The Kier molecular flexibility index (Phi) is 3.33. The minimum atomic E-state index is -0.628. The first-order chi connectivity index (χ1) is 8.47. The van der Waals surface area contributed by atoms with Crippen molar-refractivity contribution in [3.63, 3.8) is 0 Å². The molecule has 0 spiro atoms. The number of anilines is 1. The minimum Gasteiger partial charge on any atom is -0.365 e. The van der Waals surface area contributed by atoms with Gasteiger partial charge in [-0.1, -0.05) is 0 Å². The predicted octanol–water partition coefficient (Wildman–Crippen LogP) is 0.0250. The maximum Gasteiger partial charge on any atom is 0.269 e. The van der Waals surface area contributed by atoms with Crippen molar-refractivity contribution in [3.05, 3.63) is 11.8 Å². The van der Waals surface area contributed by atoms with E-state index in [0.717, 1.165) is 6.42 Å². The number of carbonyl (C=O) groups excluding carboxylic acids is 2. The second-order valence-corrected chi connectivity index (χ2v) is 4.40. The Hall–Kier alpha value is -1.89. The largest absolute Gasteiger partial charge is 0.365 e. The molecule has 1 aromatic heterocycles. The second-order valence-electron chi connectivity index (χ2n) is 4.40. The van der Waals surface area contributed by atoms with Crippen LogP contribution in [-0.4, -0.2) is 33.8 Å². The van der Waals surface area contributed by atoms with Crippen LogP contribution in [0.15, 0.2) is 6.07 Å². The SMILES string of the molecule is CC1CCC(C(=O)Nc2cc(C(N)=O)nn2C)O1. The maximum atomic E-state index is 11.9. The van der Waals surface area contributed by atoms with Crippen molar-refractivity contribution < 1.29 is 14.3 Å². The van der Waals surface area contributed by atoms with Gasteiger partial charge in [0.05, 0.1) is 6.10 Å². The molecule has 2 rings (SSSR count). The van der Waals surface area contributed by atoms with Crippen LogP contribution < -0.4 is 11.1 Å². The second kappa shape index (κ2) is 4.77. The van der Waals surface area contributed by atoms with Crippen molar-refractivity contribution in [1.82, 2.24) is 9.78 Å². The molecule has 0 aromatic carbocycles. The van der Waals surface area contributed by atoms with Crippen LogP contribution in [-0.2, 0) is 16.6 Å². The third-order valence-electron chi connectivity index (χ3n) is 2.91. The highest BCUT2D eigenvalue weighted by Gasteiger charge is 2.28. The van der Waals surface area contributed by atoms with Gasteiger partial charge in [-0.2, -0.15) is 5.10 Å². The van der Waals surface area contributed by atoms with Gasteiger partial charge < -0.3 is 15.8 Å². The Balaban J connectivity index is 2.05. The highest BCUT2D eigenvalue weighted by molar-refractivity contribution is 5.96. The molecule has 1 aromatic rings. The van der Waals surface area contributed by atoms with Crippen LogP contribution in [0.4, 0.5) is 5.82 Å². The zero-order valence-electron chi connectivity index (χ0n) is 10.3. The number of carbonyl (C=O) groups is 2. The number of nitrogens with two attached hydrogens (primary N) is 1. The molecule has 1 aliphatic rings. The molecule has 1 fully saturated rings. The standard InChI is InChI=1S/C11H16N4O3/c1-6-3-4-8(18-6)11(17)13-9-5-7(10(12)16)14-15(9)2/h5-6,8H,3-4H2,1-2H3,(H2,12,16)(H,13,17). The summed E-state index contributed by atoms with van der Waals surface area (Å²) in [7, 11) is 1.63. The number of primary amides is 1. The van der Waals surface area contributed by atoms with E-state index >= 15 is 0 Å². The van der Waals surface area contributed by atoms with Gasteiger partial charge in [-0.3, -0.25) is 14.3 Å². The van der Waals surface area contributed by atoms with Gasteiger partial charge in [0.1, 0.15) is 11.9 Å². The van der Waals surface area contributed by atoms with Crippen LogP contribution >= 0.6 is 0 Å². The molecule has 0 saturated carbocycles. The normalized spacial score (nSPS) is 23.0. The van der Waals surface area contributed by atoms with E-state index in [1.165, 1.54) is 10.7 Å². The summed E-state index contributed by atoms with van der Waals surface area (Å²) in [4.78, 5) is 22.9. The Labute approximate surface area is 104 Å². The molecule has 7 heteroatoms. The van der Waals surface area contributed by atoms with Gasteiger partial charge in [0.15, 0.2) is 5.69 Å². The molecule has 2 atom stereocenters. The van der Waals surface area contributed by atoms with Gasteiger partial charge in [0, 0.05) is 13.1 Å². The molecular formula is C11H16N4O3. The van der Waals surface area contributed by atoms with Gasteiger partial charge in [0.2, 0.25) is 0 Å². The molecule has 18 heavy (non-hydrogen) atoms. The van der Waals surface area contributed by atoms with Gasteiger partial charge in [-0.05, 0) is 19.8 Å². The van der Waals surface area contributed by atoms with Crippen LogP contribution in [0.3, 0.4) is 0 Å². The fourth-order valence-corrected chi connectivity index (χ4v) is 1.91. The van der Waals surface area contributed by atoms with Crippen molar-refractivity contribution >= 4 is 17.6 Å². The van der Waals surface area contributed by atoms with E-state index < -0.39 is 12.0 Å². The fraction of sp³-hybridized carbons (Fsp3) is 0.545. The van der Waals surface area contributed by atoms with Crippen LogP contribution in [0.5, 0.6) is 0 Å². The number of nitrogens with one attached hydrogen (secondary N) is 1. The molecule has 2 amide bonds. The summed E-state index contributed by atoms with van der Waals surface area (Å²) in [5, 5.41) is 6.57. The topological polar surface area (TPSA) is 99.2 Å². The van der Waals surface area contributed by atoms with Crippen molar-refractivity contribution in [1.29, 1.82) is 0 Å². The van der Waals surface area contributed by atoms with E-state index in [9.17, 15) is 9.59 Å². The Bertz CT molecular complexity index is 483. The van der Waals surface area contributed by atoms with Crippen molar-refractivity contribution in [2.75, 3.05) is 5.32 Å². The number of aryl methyl sites for hydroxylation is 1. The molecule has 1 aliphatic heterocycles. The number of hydrogen-bond donors (Lipinski definition) is 2. The first kappa shape index (κ1) is 12.6. The molecule has 1 saturated heterocycles. The summed E-state index contributed by atoms with van der Waals surface area (Å²) in [5.41, 5.74) is 5.23. The molecule has 0 aliphatic carbocycles. The minimum absolute atomic E-state index is 0.105. The smallest absolute Gasteiger partial charge is 0.269 e. The van der Waals surface area contributed by atoms with Gasteiger partial charge in [-0.15, -0.1) is 0 Å². The van der Waals surface area contributed by atoms with E-state index in [0.29, 0.717) is 12.2 Å². The Morgan fingerprint density at radius 3 is 2.78 bits per heavy atom. The molecule has 7 nitrogen and oxygen atoms in total. The van der Waals surface area contributed by atoms with Crippen LogP contribution in [0, 0.1) is 0 Å². The highest BCUT2D eigenvalue weighted by atomic mass is 16.5. The first-order valence-electron chi connectivity index (χ1n) is 5.77. The molecule has 2 unspecified atom stereocenters. The quantitative estimate of drug-likeness (QED) is 0.792. The molecular weight excluding hydrogens is 236 g/mol. The summed E-state index contributed by atoms with van der Waals surface area (Å²) in [6.07, 6.45) is 1.24. The van der Waals surface area contributed by atoms with Crippen molar-refractivity contribution in [3.8, 4) is 0 Å². The van der Waals surface area contributed by atoms with Crippen molar-refractivity contribution in [2.24, 2.45) is 12.8 Å². The van der Waals surface area contributed by atoms with Gasteiger partial charge in [-0.25, -0.2) is 0 Å². The Morgan fingerprint density at radius 1 is 1.56 bits per heavy atom. The van der Waals surface area contributed by atoms with Crippen LogP contribution in [0.25, 0.3) is 0 Å². The molecule has 0 radical (unpaired) electrons. The summed E-state index contributed by atoms with van der Waals surface area (Å²) in [6.45, 7) is 1.93. The average molecular weight is 252 g/mol. The summed E-state index contributed by atoms with van der Waals surface area (Å²) in [6, 6.07) is 1.44. The Morgan fingerprint density at radius 2 is 2.28 bits per heavy atom. The van der Waals surface area contributed by atoms with Gasteiger partial charge >= 0.3 is 0 Å². The maximum absolute atomic E-state index is 11.9. The van der Waals surface area contributed by atoms with E-state index in [2.05, 4.69) is 10.4 Å². The zero-order chi connectivity index (χ0) is 13.3. The predicted molar refractivity (Wildman–Crippen MR) is 63.9 cm³/mol. The molecule has 0 bridgehead atoms. The summed E-state index contributed by atoms with van der Waals surface area (Å²) < 4.78 is 6.86. The highest BCUT2D eigenvalue weighted by Crippen LogP contribution is 2.20. The summed E-state index contributed by atoms with van der Waals surface area (Å²) >= 11 is 0. The molecule has 2 heterocycles. The number of aromatic nitrogens is 2. The number of hydrogen-bond acceptors (Lipinski definition) is 4. The lowest BCUT2D eigenvalue weighted by atomic mass is 10.2. The van der Waals surface area contributed by atoms with Crippen LogP contribution in [0.1, 0.15) is 30.3 Å². The summed E-state index contributed by atoms with van der Waals surface area (Å²) in [5.74, 6) is -0.424. The molecule has 98 valence electrons. The lowest BCUT2D eigenvalue weighted by molar-refractivity contribution is -0.126. The van der Waals surface area contributed by atoms with Gasteiger partial charge in [0.25, 0.3) is 11.8 Å². The lowest BCUT2D eigenvalue weighted by Gasteiger charge is -2.11. The monoisotopic (exact) mass is 252 g/mol. The number of amides is 2. The third kappa shape index (κ3) is 2.51. The number of nitrogens with zero attached hydrogens (tertiary/aromatic N) is 2. The van der Waals surface area contributed by atoms with E-state index in [-0.39, 0.29) is 17.7 Å². The average Bonchev–Trinajstić information content (AvgIpc) is 2.86. The van der Waals surface area contributed by atoms with E-state index in [1.807, 2.05) is 6.92 Å². The van der Waals surface area contributed by atoms with E-state index in [1.54, 1.807) is 7.05 Å². The number of ether oxygens (including phenoxy) is 1.